The molecule has 0 radical (unpaired) electrons. The Labute approximate surface area is 180 Å². The summed E-state index contributed by atoms with van der Waals surface area (Å²) in [6, 6.07) is 5.15. The normalized spacial score (nSPS) is 16.7. The largest absolute Gasteiger partial charge is 0.465 e. The number of pyridine rings is 2. The Morgan fingerprint density at radius 1 is 1.00 bits per heavy atom. The fourth-order valence-corrected chi connectivity index (χ4v) is 4.22. The van der Waals surface area contributed by atoms with E-state index >= 15 is 0 Å². The number of anilines is 2. The van der Waals surface area contributed by atoms with Gasteiger partial charge < -0.3 is 19.4 Å². The van der Waals surface area contributed by atoms with Gasteiger partial charge in [-0.1, -0.05) is 11.6 Å². The zero-order chi connectivity index (χ0) is 21.1. The summed E-state index contributed by atoms with van der Waals surface area (Å²) in [7, 11) is 1.36. The second-order valence-electron chi connectivity index (χ2n) is 7.37. The van der Waals surface area contributed by atoms with Gasteiger partial charge in [0, 0.05) is 51.7 Å². The SMILES string of the molecule is COC(=O)c1cccnc1N1CCN(c2ncc(C(=O)N3CCCC3)cc2Cl)CC1. The molecule has 1 amide bonds. The summed E-state index contributed by atoms with van der Waals surface area (Å²) in [5.41, 5.74) is 0.981. The maximum atomic E-state index is 12.6. The van der Waals surface area contributed by atoms with E-state index in [0.717, 1.165) is 25.9 Å². The van der Waals surface area contributed by atoms with E-state index < -0.39 is 5.97 Å². The number of halogens is 1. The minimum atomic E-state index is -0.400. The third-order valence-electron chi connectivity index (χ3n) is 5.53. The van der Waals surface area contributed by atoms with Crippen molar-refractivity contribution in [3.63, 3.8) is 0 Å². The molecule has 4 rings (SSSR count). The van der Waals surface area contributed by atoms with Crippen LogP contribution < -0.4 is 9.80 Å². The molecule has 0 bridgehead atoms. The molecule has 2 aromatic rings. The number of rotatable bonds is 4. The summed E-state index contributed by atoms with van der Waals surface area (Å²) < 4.78 is 4.87. The molecule has 2 aromatic heterocycles. The van der Waals surface area contributed by atoms with Crippen molar-refractivity contribution in [2.45, 2.75) is 12.8 Å². The number of carbonyl (C=O) groups excluding carboxylic acids is 2. The number of piperazine rings is 1. The highest BCUT2D eigenvalue weighted by molar-refractivity contribution is 6.33. The quantitative estimate of drug-likeness (QED) is 0.691. The molecule has 2 aliphatic rings. The average Bonchev–Trinajstić information content (AvgIpc) is 3.33. The van der Waals surface area contributed by atoms with Crippen LogP contribution in [-0.2, 0) is 4.74 Å². The van der Waals surface area contributed by atoms with Gasteiger partial charge in [-0.15, -0.1) is 0 Å². The molecular weight excluding hydrogens is 406 g/mol. The summed E-state index contributed by atoms with van der Waals surface area (Å²) in [4.78, 5) is 39.4. The van der Waals surface area contributed by atoms with E-state index in [1.165, 1.54) is 7.11 Å². The van der Waals surface area contributed by atoms with Crippen LogP contribution in [0, 0.1) is 0 Å². The van der Waals surface area contributed by atoms with Gasteiger partial charge in [-0.05, 0) is 31.0 Å². The Bertz CT molecular complexity index is 940. The van der Waals surface area contributed by atoms with Crippen LogP contribution in [-0.4, -0.2) is 73.1 Å². The summed E-state index contributed by atoms with van der Waals surface area (Å²) >= 11 is 6.49. The Morgan fingerprint density at radius 3 is 2.30 bits per heavy atom. The lowest BCUT2D eigenvalue weighted by Crippen LogP contribution is -2.47. The predicted molar refractivity (Wildman–Crippen MR) is 114 cm³/mol. The van der Waals surface area contributed by atoms with E-state index in [1.807, 2.05) is 4.90 Å². The molecule has 4 heterocycles. The lowest BCUT2D eigenvalue weighted by Gasteiger charge is -2.36. The van der Waals surface area contributed by atoms with Crippen LogP contribution in [0.4, 0.5) is 11.6 Å². The molecular formula is C21H24ClN5O3. The van der Waals surface area contributed by atoms with Crippen molar-refractivity contribution in [2.24, 2.45) is 0 Å². The number of carbonyl (C=O) groups is 2. The predicted octanol–water partition coefficient (Wildman–Crippen LogP) is 2.48. The van der Waals surface area contributed by atoms with Gasteiger partial charge in [0.05, 0.1) is 17.7 Å². The standard InChI is InChI=1S/C21H24ClN5O3/c1-30-21(29)16-5-4-6-23-18(16)25-9-11-26(12-10-25)19-17(22)13-15(14-24-19)20(28)27-7-2-3-8-27/h4-6,13-14H,2-3,7-12H2,1H3. The molecule has 8 nitrogen and oxygen atoms in total. The summed E-state index contributed by atoms with van der Waals surface area (Å²) in [6.45, 7) is 4.25. The van der Waals surface area contributed by atoms with Gasteiger partial charge in [0.2, 0.25) is 0 Å². The van der Waals surface area contributed by atoms with Crippen molar-refractivity contribution in [3.8, 4) is 0 Å². The molecule has 2 fully saturated rings. The van der Waals surface area contributed by atoms with E-state index in [4.69, 9.17) is 16.3 Å². The van der Waals surface area contributed by atoms with Gasteiger partial charge in [0.1, 0.15) is 17.2 Å². The number of ether oxygens (including phenoxy) is 1. The van der Waals surface area contributed by atoms with Gasteiger partial charge >= 0.3 is 5.97 Å². The molecule has 0 unspecified atom stereocenters. The molecule has 0 saturated carbocycles. The Hall–Kier alpha value is -2.87. The first kappa shape index (κ1) is 20.4. The van der Waals surface area contributed by atoms with Gasteiger partial charge in [-0.2, -0.15) is 0 Å². The van der Waals surface area contributed by atoms with E-state index in [1.54, 1.807) is 30.6 Å². The van der Waals surface area contributed by atoms with Gasteiger partial charge in [-0.3, -0.25) is 4.79 Å². The van der Waals surface area contributed by atoms with Crippen molar-refractivity contribution in [2.75, 3.05) is 56.2 Å². The molecule has 2 saturated heterocycles. The smallest absolute Gasteiger partial charge is 0.341 e. The summed E-state index contributed by atoms with van der Waals surface area (Å²) in [6.07, 6.45) is 5.37. The lowest BCUT2D eigenvalue weighted by molar-refractivity contribution is 0.0600. The number of nitrogens with zero attached hydrogens (tertiary/aromatic N) is 5. The zero-order valence-electron chi connectivity index (χ0n) is 16.9. The monoisotopic (exact) mass is 429 g/mol. The minimum absolute atomic E-state index is 0.0104. The van der Waals surface area contributed by atoms with Crippen LogP contribution >= 0.6 is 11.6 Å². The van der Waals surface area contributed by atoms with Crippen LogP contribution in [0.2, 0.25) is 5.02 Å². The van der Waals surface area contributed by atoms with E-state index in [2.05, 4.69) is 19.8 Å². The number of hydrogen-bond donors (Lipinski definition) is 0. The number of amides is 1. The van der Waals surface area contributed by atoms with Gasteiger partial charge in [0.15, 0.2) is 0 Å². The molecule has 2 aliphatic heterocycles. The zero-order valence-corrected chi connectivity index (χ0v) is 17.6. The van der Waals surface area contributed by atoms with E-state index in [9.17, 15) is 9.59 Å². The first-order chi connectivity index (χ1) is 14.6. The molecule has 0 aromatic carbocycles. The summed E-state index contributed by atoms with van der Waals surface area (Å²) in [5, 5.41) is 0.474. The van der Waals surface area contributed by atoms with E-state index in [-0.39, 0.29) is 5.91 Å². The second kappa shape index (κ2) is 8.87. The van der Waals surface area contributed by atoms with Crippen LogP contribution in [0.25, 0.3) is 0 Å². The van der Waals surface area contributed by atoms with Crippen molar-refractivity contribution in [3.05, 3.63) is 46.7 Å². The molecule has 158 valence electrons. The van der Waals surface area contributed by atoms with E-state index in [0.29, 0.717) is 54.0 Å². The third-order valence-corrected chi connectivity index (χ3v) is 5.81. The van der Waals surface area contributed by atoms with Crippen molar-refractivity contribution >= 4 is 35.1 Å². The molecule has 0 spiro atoms. The Kier molecular flexibility index (Phi) is 6.03. The molecule has 30 heavy (non-hydrogen) atoms. The topological polar surface area (TPSA) is 78.9 Å². The fraction of sp³-hybridized carbons (Fsp3) is 0.429. The number of likely N-dealkylation sites (tertiary alicyclic amines) is 1. The third kappa shape index (κ3) is 4.05. The number of hydrogen-bond acceptors (Lipinski definition) is 7. The minimum Gasteiger partial charge on any atom is -0.465 e. The average molecular weight is 430 g/mol. The Balaban J connectivity index is 1.45. The first-order valence-electron chi connectivity index (χ1n) is 10.1. The fourth-order valence-electron chi connectivity index (χ4n) is 3.93. The van der Waals surface area contributed by atoms with Crippen LogP contribution in [0.5, 0.6) is 0 Å². The highest BCUT2D eigenvalue weighted by atomic mass is 35.5. The molecule has 0 atom stereocenters. The lowest BCUT2D eigenvalue weighted by atomic mass is 10.2. The second-order valence-corrected chi connectivity index (χ2v) is 7.78. The van der Waals surface area contributed by atoms with Crippen LogP contribution in [0.1, 0.15) is 33.6 Å². The maximum Gasteiger partial charge on any atom is 0.341 e. The number of esters is 1. The molecule has 0 aliphatic carbocycles. The molecule has 9 heteroatoms. The summed E-state index contributed by atoms with van der Waals surface area (Å²) in [5.74, 6) is 0.880. The highest BCUT2D eigenvalue weighted by Crippen LogP contribution is 2.27. The number of aromatic nitrogens is 2. The van der Waals surface area contributed by atoms with Crippen LogP contribution in [0.15, 0.2) is 30.6 Å². The highest BCUT2D eigenvalue weighted by Gasteiger charge is 2.26. The van der Waals surface area contributed by atoms with Gasteiger partial charge in [0.25, 0.3) is 5.91 Å². The molecule has 0 N–H and O–H groups in total. The van der Waals surface area contributed by atoms with Gasteiger partial charge in [-0.25, -0.2) is 14.8 Å². The number of methoxy groups -OCH3 is 1. The maximum absolute atomic E-state index is 12.6. The Morgan fingerprint density at radius 2 is 1.67 bits per heavy atom. The van der Waals surface area contributed by atoms with Crippen LogP contribution in [0.3, 0.4) is 0 Å². The van der Waals surface area contributed by atoms with Crippen molar-refractivity contribution in [1.82, 2.24) is 14.9 Å². The van der Waals surface area contributed by atoms with Crippen molar-refractivity contribution < 1.29 is 14.3 Å². The van der Waals surface area contributed by atoms with Crippen molar-refractivity contribution in [1.29, 1.82) is 0 Å². The first-order valence-corrected chi connectivity index (χ1v) is 10.4.